The zero-order valence-corrected chi connectivity index (χ0v) is 15.4. The number of rotatable bonds is 3. The first-order valence-electron chi connectivity index (χ1n) is 9.30. The van der Waals surface area contributed by atoms with E-state index >= 15 is 0 Å². The second-order valence-electron chi connectivity index (χ2n) is 8.37. The lowest BCUT2D eigenvalue weighted by Gasteiger charge is -2.34. The Balaban J connectivity index is 1.59. The number of imidazole rings is 1. The van der Waals surface area contributed by atoms with Crippen molar-refractivity contribution in [2.45, 2.75) is 64.0 Å². The number of hydrogen-bond donors (Lipinski definition) is 0. The Morgan fingerprint density at radius 2 is 2.04 bits per heavy atom. The van der Waals surface area contributed by atoms with Crippen LogP contribution in [0.1, 0.15) is 74.6 Å². The van der Waals surface area contributed by atoms with E-state index in [1.165, 1.54) is 12.8 Å². The van der Waals surface area contributed by atoms with Gasteiger partial charge in [0, 0.05) is 31.4 Å². The predicted octanol–water partition coefficient (Wildman–Crippen LogP) is 3.19. The number of nitrogens with zero attached hydrogens (tertiary/aromatic N) is 5. The third kappa shape index (κ3) is 3.22. The van der Waals surface area contributed by atoms with Crippen LogP contribution < -0.4 is 0 Å². The molecule has 3 heterocycles. The van der Waals surface area contributed by atoms with Crippen LogP contribution in [-0.2, 0) is 5.54 Å². The molecule has 1 saturated heterocycles. The summed E-state index contributed by atoms with van der Waals surface area (Å²) in [6, 6.07) is 2.35. The molecule has 6 nitrogen and oxygen atoms in total. The maximum Gasteiger partial charge on any atom is 0.272 e. The molecule has 134 valence electrons. The van der Waals surface area contributed by atoms with Crippen molar-refractivity contribution in [3.05, 3.63) is 36.2 Å². The molecule has 25 heavy (non-hydrogen) atoms. The zero-order chi connectivity index (χ0) is 17.6. The molecule has 6 heteroatoms. The van der Waals surface area contributed by atoms with Crippen LogP contribution in [0.5, 0.6) is 0 Å². The summed E-state index contributed by atoms with van der Waals surface area (Å²) in [4.78, 5) is 19.4. The first kappa shape index (κ1) is 16.4. The van der Waals surface area contributed by atoms with Crippen molar-refractivity contribution >= 4 is 5.91 Å². The van der Waals surface area contributed by atoms with Gasteiger partial charge in [-0.15, -0.1) is 0 Å². The Morgan fingerprint density at radius 3 is 2.68 bits per heavy atom. The summed E-state index contributed by atoms with van der Waals surface area (Å²) >= 11 is 0. The first-order chi connectivity index (χ1) is 11.9. The molecule has 0 radical (unpaired) electrons. The topological polar surface area (TPSA) is 56.0 Å². The van der Waals surface area contributed by atoms with Gasteiger partial charge in [0.2, 0.25) is 0 Å². The summed E-state index contributed by atoms with van der Waals surface area (Å²) in [5.41, 5.74) is 1.62. The fourth-order valence-electron chi connectivity index (χ4n) is 3.67. The quantitative estimate of drug-likeness (QED) is 0.861. The normalized spacial score (nSPS) is 21.6. The number of carbonyl (C=O) groups excluding carboxylic acids is 1. The zero-order valence-electron chi connectivity index (χ0n) is 15.4. The lowest BCUT2D eigenvalue weighted by molar-refractivity contribution is 0.0659. The molecule has 2 aromatic rings. The average Bonchev–Trinajstić information content (AvgIpc) is 3.12. The molecule has 2 aliphatic rings. The Kier molecular flexibility index (Phi) is 3.93. The lowest BCUT2D eigenvalue weighted by atomic mass is 10.0. The standard InChI is InChI=1S/C19H27N5O/c1-19(2,3)24-17(11-16(21-24)14-6-7-14)18(25)22-9-4-5-15(12-22)23-10-8-20-13-23/h8,10-11,13-15H,4-7,9,12H2,1-3H3/t15-/m1/s1. The summed E-state index contributed by atoms with van der Waals surface area (Å²) in [6.45, 7) is 7.88. The smallest absolute Gasteiger partial charge is 0.272 e. The van der Waals surface area contributed by atoms with E-state index in [2.05, 4.69) is 30.3 Å². The molecule has 1 saturated carbocycles. The number of amides is 1. The predicted molar refractivity (Wildman–Crippen MR) is 95.6 cm³/mol. The minimum atomic E-state index is -0.197. The van der Waals surface area contributed by atoms with Gasteiger partial charge in [0.15, 0.2) is 0 Å². The highest BCUT2D eigenvalue weighted by molar-refractivity contribution is 5.93. The van der Waals surface area contributed by atoms with Crippen LogP contribution in [0.3, 0.4) is 0 Å². The van der Waals surface area contributed by atoms with Crippen LogP contribution >= 0.6 is 0 Å². The fourth-order valence-corrected chi connectivity index (χ4v) is 3.67. The average molecular weight is 341 g/mol. The van der Waals surface area contributed by atoms with Gasteiger partial charge >= 0.3 is 0 Å². The summed E-state index contributed by atoms with van der Waals surface area (Å²) < 4.78 is 4.06. The van der Waals surface area contributed by atoms with Gasteiger partial charge in [0.05, 0.1) is 23.6 Å². The molecule has 1 aliphatic carbocycles. The second kappa shape index (κ2) is 6.00. The molecular formula is C19H27N5O. The lowest BCUT2D eigenvalue weighted by Crippen LogP contribution is -2.42. The highest BCUT2D eigenvalue weighted by Crippen LogP contribution is 2.40. The minimum absolute atomic E-state index is 0.110. The van der Waals surface area contributed by atoms with Crippen LogP contribution in [0.4, 0.5) is 0 Å². The van der Waals surface area contributed by atoms with E-state index in [0.29, 0.717) is 12.0 Å². The van der Waals surface area contributed by atoms with Crippen molar-refractivity contribution < 1.29 is 4.79 Å². The van der Waals surface area contributed by atoms with Crippen molar-refractivity contribution in [3.63, 3.8) is 0 Å². The summed E-state index contributed by atoms with van der Waals surface area (Å²) in [5, 5.41) is 4.78. The molecule has 0 bridgehead atoms. The Bertz CT molecular complexity index is 751. The summed E-state index contributed by atoms with van der Waals surface area (Å²) in [7, 11) is 0. The third-order valence-corrected chi connectivity index (χ3v) is 5.21. The Hall–Kier alpha value is -2.11. The number of aromatic nitrogens is 4. The van der Waals surface area contributed by atoms with Crippen molar-refractivity contribution in [1.82, 2.24) is 24.2 Å². The minimum Gasteiger partial charge on any atom is -0.335 e. The van der Waals surface area contributed by atoms with Gasteiger partial charge in [-0.3, -0.25) is 9.48 Å². The Labute approximate surface area is 148 Å². The number of hydrogen-bond acceptors (Lipinski definition) is 3. The van der Waals surface area contributed by atoms with Gasteiger partial charge in [-0.2, -0.15) is 5.10 Å². The summed E-state index contributed by atoms with van der Waals surface area (Å²) in [5.74, 6) is 0.661. The van der Waals surface area contributed by atoms with Gasteiger partial charge in [0.25, 0.3) is 5.91 Å². The monoisotopic (exact) mass is 341 g/mol. The molecule has 0 unspecified atom stereocenters. The van der Waals surface area contributed by atoms with Crippen LogP contribution in [0, 0.1) is 0 Å². The van der Waals surface area contributed by atoms with E-state index in [4.69, 9.17) is 5.10 Å². The van der Waals surface area contributed by atoms with Crippen molar-refractivity contribution in [2.24, 2.45) is 0 Å². The SMILES string of the molecule is CC(C)(C)n1nc(C2CC2)cc1C(=O)N1CCC[C@@H](n2ccnc2)C1. The van der Waals surface area contributed by atoms with E-state index < -0.39 is 0 Å². The molecule has 1 aliphatic heterocycles. The molecule has 4 rings (SSSR count). The van der Waals surface area contributed by atoms with Gasteiger partial charge in [-0.05, 0) is 52.5 Å². The third-order valence-electron chi connectivity index (χ3n) is 5.21. The summed E-state index contributed by atoms with van der Waals surface area (Å²) in [6.07, 6.45) is 10.1. The van der Waals surface area contributed by atoms with Crippen LogP contribution in [0.25, 0.3) is 0 Å². The molecule has 1 amide bonds. The van der Waals surface area contributed by atoms with Crippen molar-refractivity contribution in [1.29, 1.82) is 0 Å². The van der Waals surface area contributed by atoms with Crippen molar-refractivity contribution in [3.8, 4) is 0 Å². The van der Waals surface area contributed by atoms with E-state index in [9.17, 15) is 4.79 Å². The maximum absolute atomic E-state index is 13.3. The number of likely N-dealkylation sites (tertiary alicyclic amines) is 1. The van der Waals surface area contributed by atoms with Crippen LogP contribution in [-0.4, -0.2) is 43.2 Å². The van der Waals surface area contributed by atoms with Gasteiger partial charge in [-0.25, -0.2) is 4.98 Å². The molecule has 1 atom stereocenters. The molecule has 0 spiro atoms. The van der Waals surface area contributed by atoms with E-state index in [1.54, 1.807) is 6.20 Å². The van der Waals surface area contributed by atoms with E-state index in [0.717, 1.165) is 37.3 Å². The largest absolute Gasteiger partial charge is 0.335 e. The van der Waals surface area contributed by atoms with Gasteiger partial charge in [-0.1, -0.05) is 0 Å². The fraction of sp³-hybridized carbons (Fsp3) is 0.632. The number of piperidine rings is 1. The molecule has 2 fully saturated rings. The molecule has 2 aromatic heterocycles. The molecule has 0 aromatic carbocycles. The van der Waals surface area contributed by atoms with Gasteiger partial charge in [0.1, 0.15) is 5.69 Å². The van der Waals surface area contributed by atoms with Gasteiger partial charge < -0.3 is 9.47 Å². The van der Waals surface area contributed by atoms with Crippen LogP contribution in [0.2, 0.25) is 0 Å². The highest BCUT2D eigenvalue weighted by atomic mass is 16.2. The first-order valence-corrected chi connectivity index (χ1v) is 9.30. The van der Waals surface area contributed by atoms with Crippen molar-refractivity contribution in [2.75, 3.05) is 13.1 Å². The maximum atomic E-state index is 13.3. The van der Waals surface area contributed by atoms with E-state index in [-0.39, 0.29) is 11.4 Å². The van der Waals surface area contributed by atoms with E-state index in [1.807, 2.05) is 28.2 Å². The molecule has 0 N–H and O–H groups in total. The Morgan fingerprint density at radius 1 is 1.24 bits per heavy atom. The highest BCUT2D eigenvalue weighted by Gasteiger charge is 2.34. The molecular weight excluding hydrogens is 314 g/mol. The second-order valence-corrected chi connectivity index (χ2v) is 8.37. The number of carbonyl (C=O) groups is 1. The van der Waals surface area contributed by atoms with Crippen LogP contribution in [0.15, 0.2) is 24.8 Å².